The summed E-state index contributed by atoms with van der Waals surface area (Å²) in [5, 5.41) is 0.596. The molecule has 2 nitrogen and oxygen atoms in total. The first-order valence-corrected chi connectivity index (χ1v) is 6.78. The zero-order valence-corrected chi connectivity index (χ0v) is 11.0. The van der Waals surface area contributed by atoms with E-state index in [0.717, 1.165) is 4.90 Å². The van der Waals surface area contributed by atoms with Crippen LogP contribution in [0.5, 0.6) is 0 Å². The summed E-state index contributed by atoms with van der Waals surface area (Å²) in [5.41, 5.74) is 0.693. The Bertz CT molecular complexity index is 522. The number of thioether (sulfide) groups is 1. The number of benzene rings is 1. The number of hydrogen-bond acceptors (Lipinski definition) is 2. The summed E-state index contributed by atoms with van der Waals surface area (Å²) < 4.78 is 1.85. The molecule has 88 valence electrons. The molecule has 0 spiro atoms. The van der Waals surface area contributed by atoms with Gasteiger partial charge in [-0.15, -0.1) is 11.8 Å². The molecule has 4 heteroatoms. The largest absolute Gasteiger partial charge is 0.347 e. The van der Waals surface area contributed by atoms with E-state index in [1.54, 1.807) is 23.9 Å². The van der Waals surface area contributed by atoms with Crippen LogP contribution >= 0.6 is 23.4 Å². The molecule has 2 aromatic rings. The first kappa shape index (κ1) is 12.3. The molecule has 0 aliphatic rings. The minimum Gasteiger partial charge on any atom is -0.347 e. The lowest BCUT2D eigenvalue weighted by Crippen LogP contribution is -2.09. The Kier molecular flexibility index (Phi) is 3.92. The maximum absolute atomic E-state index is 12.2. The summed E-state index contributed by atoms with van der Waals surface area (Å²) in [6.45, 7) is 0.348. The van der Waals surface area contributed by atoms with Crippen LogP contribution < -0.4 is 0 Å². The molecule has 2 rings (SSSR count). The number of Topliss-reactive ketones (excluding diaryl/α,β-unsaturated/α-hetero) is 1. The first-order chi connectivity index (χ1) is 8.20. The van der Waals surface area contributed by atoms with Crippen LogP contribution in [0.25, 0.3) is 0 Å². The van der Waals surface area contributed by atoms with Gasteiger partial charge in [0.2, 0.25) is 0 Å². The Balaban J connectivity index is 2.26. The van der Waals surface area contributed by atoms with E-state index in [1.165, 1.54) is 0 Å². The standard InChI is InChI=1S/C13H12ClNOS/c1-17-13-5-4-10(14)8-11(13)12(16)9-15-6-2-3-7-15/h2-8H,9H2,1H3. The highest BCUT2D eigenvalue weighted by atomic mass is 35.5. The predicted molar refractivity (Wildman–Crippen MR) is 72.0 cm³/mol. The normalized spacial score (nSPS) is 10.5. The third kappa shape index (κ3) is 2.93. The van der Waals surface area contributed by atoms with Gasteiger partial charge >= 0.3 is 0 Å². The topological polar surface area (TPSA) is 22.0 Å². The van der Waals surface area contributed by atoms with E-state index in [-0.39, 0.29) is 5.78 Å². The van der Waals surface area contributed by atoms with Gasteiger partial charge in [0.05, 0.1) is 6.54 Å². The molecule has 0 radical (unpaired) electrons. The molecule has 0 fully saturated rings. The lowest BCUT2D eigenvalue weighted by Gasteiger charge is -2.07. The summed E-state index contributed by atoms with van der Waals surface area (Å²) in [4.78, 5) is 13.1. The number of rotatable bonds is 4. The van der Waals surface area contributed by atoms with Gasteiger partial charge in [0.15, 0.2) is 5.78 Å². The zero-order chi connectivity index (χ0) is 12.3. The third-order valence-corrected chi connectivity index (χ3v) is 3.49. The molecule has 1 aromatic heterocycles. The van der Waals surface area contributed by atoms with Gasteiger partial charge in [-0.1, -0.05) is 11.6 Å². The number of halogens is 1. The average molecular weight is 266 g/mol. The van der Waals surface area contributed by atoms with Crippen molar-refractivity contribution in [2.75, 3.05) is 6.26 Å². The fraction of sp³-hybridized carbons (Fsp3) is 0.154. The molecule has 17 heavy (non-hydrogen) atoms. The molecule has 0 aliphatic carbocycles. The highest BCUT2D eigenvalue weighted by Crippen LogP contribution is 2.24. The summed E-state index contributed by atoms with van der Waals surface area (Å²) in [7, 11) is 0. The van der Waals surface area contributed by atoms with Crippen LogP contribution in [0.2, 0.25) is 5.02 Å². The lowest BCUT2D eigenvalue weighted by atomic mass is 10.1. The molecular formula is C13H12ClNOS. The predicted octanol–water partition coefficient (Wildman–Crippen LogP) is 3.75. The highest BCUT2D eigenvalue weighted by molar-refractivity contribution is 7.98. The van der Waals surface area contributed by atoms with Crippen molar-refractivity contribution in [1.29, 1.82) is 0 Å². The van der Waals surface area contributed by atoms with E-state index in [0.29, 0.717) is 17.1 Å². The first-order valence-electron chi connectivity index (χ1n) is 5.18. The number of ketones is 1. The monoisotopic (exact) mass is 265 g/mol. The minimum atomic E-state index is 0.0769. The highest BCUT2D eigenvalue weighted by Gasteiger charge is 2.11. The molecule has 0 unspecified atom stereocenters. The van der Waals surface area contributed by atoms with Crippen LogP contribution in [0.4, 0.5) is 0 Å². The summed E-state index contributed by atoms with van der Waals surface area (Å²) >= 11 is 7.49. The van der Waals surface area contributed by atoms with Gasteiger partial charge in [-0.2, -0.15) is 0 Å². The number of carbonyl (C=O) groups is 1. The van der Waals surface area contributed by atoms with Gasteiger partial charge in [-0.3, -0.25) is 4.79 Å². The minimum absolute atomic E-state index is 0.0769. The Morgan fingerprint density at radius 1 is 1.35 bits per heavy atom. The molecular weight excluding hydrogens is 254 g/mol. The quantitative estimate of drug-likeness (QED) is 0.620. The fourth-order valence-electron chi connectivity index (χ4n) is 1.62. The van der Waals surface area contributed by atoms with E-state index in [1.807, 2.05) is 41.4 Å². The number of nitrogens with zero attached hydrogens (tertiary/aromatic N) is 1. The van der Waals surface area contributed by atoms with Crippen LogP contribution in [0, 0.1) is 0 Å². The molecule has 0 atom stereocenters. The van der Waals surface area contributed by atoms with Crippen LogP contribution in [0.15, 0.2) is 47.6 Å². The van der Waals surface area contributed by atoms with Crippen LogP contribution in [0.1, 0.15) is 10.4 Å². The fourth-order valence-corrected chi connectivity index (χ4v) is 2.39. The van der Waals surface area contributed by atoms with E-state index >= 15 is 0 Å². The molecule has 0 saturated heterocycles. The average Bonchev–Trinajstić information content (AvgIpc) is 2.81. The molecule has 0 aliphatic heterocycles. The van der Waals surface area contributed by atoms with Crippen molar-refractivity contribution in [2.24, 2.45) is 0 Å². The van der Waals surface area contributed by atoms with Gasteiger partial charge < -0.3 is 4.57 Å². The molecule has 0 bridgehead atoms. The molecule has 0 N–H and O–H groups in total. The number of aromatic nitrogens is 1. The molecule has 1 aromatic carbocycles. The van der Waals surface area contributed by atoms with Gasteiger partial charge in [0.25, 0.3) is 0 Å². The van der Waals surface area contributed by atoms with Crippen molar-refractivity contribution in [1.82, 2.24) is 4.57 Å². The number of carbonyl (C=O) groups excluding carboxylic acids is 1. The van der Waals surface area contributed by atoms with Crippen molar-refractivity contribution >= 4 is 29.1 Å². The van der Waals surface area contributed by atoms with E-state index < -0.39 is 0 Å². The zero-order valence-electron chi connectivity index (χ0n) is 9.39. The summed E-state index contributed by atoms with van der Waals surface area (Å²) in [6.07, 6.45) is 5.71. The van der Waals surface area contributed by atoms with E-state index in [4.69, 9.17) is 11.6 Å². The molecule has 1 heterocycles. The van der Waals surface area contributed by atoms with Crippen LogP contribution in [-0.2, 0) is 6.54 Å². The van der Waals surface area contributed by atoms with Crippen molar-refractivity contribution in [3.8, 4) is 0 Å². The molecule has 0 saturated carbocycles. The lowest BCUT2D eigenvalue weighted by molar-refractivity contribution is 0.0969. The maximum Gasteiger partial charge on any atom is 0.183 e. The SMILES string of the molecule is CSc1ccc(Cl)cc1C(=O)Cn1cccc1. The second-order valence-electron chi connectivity index (χ2n) is 3.62. The van der Waals surface area contributed by atoms with Gasteiger partial charge in [0.1, 0.15) is 0 Å². The number of hydrogen-bond donors (Lipinski definition) is 0. The third-order valence-electron chi connectivity index (χ3n) is 2.45. The Hall–Kier alpha value is -1.19. The van der Waals surface area contributed by atoms with Crippen LogP contribution in [-0.4, -0.2) is 16.6 Å². The van der Waals surface area contributed by atoms with E-state index in [2.05, 4.69) is 0 Å². The summed E-state index contributed by atoms with van der Waals surface area (Å²) in [5.74, 6) is 0.0769. The Morgan fingerprint density at radius 2 is 2.06 bits per heavy atom. The Morgan fingerprint density at radius 3 is 2.71 bits per heavy atom. The summed E-state index contributed by atoms with van der Waals surface area (Å²) in [6, 6.07) is 9.23. The second-order valence-corrected chi connectivity index (χ2v) is 4.91. The van der Waals surface area contributed by atoms with Crippen molar-refractivity contribution in [3.05, 3.63) is 53.3 Å². The Labute approximate surface area is 110 Å². The van der Waals surface area contributed by atoms with Gasteiger partial charge in [-0.25, -0.2) is 0 Å². The van der Waals surface area contributed by atoms with E-state index in [9.17, 15) is 4.79 Å². The molecule has 0 amide bonds. The van der Waals surface area contributed by atoms with Crippen LogP contribution in [0.3, 0.4) is 0 Å². The van der Waals surface area contributed by atoms with Gasteiger partial charge in [-0.05, 0) is 36.6 Å². The van der Waals surface area contributed by atoms with Crippen molar-refractivity contribution in [3.63, 3.8) is 0 Å². The van der Waals surface area contributed by atoms with Gasteiger partial charge in [0, 0.05) is 27.9 Å². The van der Waals surface area contributed by atoms with Crippen molar-refractivity contribution in [2.45, 2.75) is 11.4 Å². The second kappa shape index (κ2) is 5.43. The smallest absolute Gasteiger partial charge is 0.183 e. The van der Waals surface area contributed by atoms with Crippen molar-refractivity contribution < 1.29 is 4.79 Å². The maximum atomic E-state index is 12.2.